The highest BCUT2D eigenvalue weighted by atomic mass is 32.2. The van der Waals surface area contributed by atoms with Gasteiger partial charge in [-0.3, -0.25) is 4.79 Å². The van der Waals surface area contributed by atoms with Gasteiger partial charge in [0.25, 0.3) is 0 Å². The third-order valence-electron chi connectivity index (χ3n) is 4.89. The van der Waals surface area contributed by atoms with Crippen molar-refractivity contribution in [2.75, 3.05) is 24.5 Å². The molecule has 0 bridgehead atoms. The third kappa shape index (κ3) is 3.39. The number of nitrogens with zero attached hydrogens (tertiary/aromatic N) is 2. The number of hydrogen-bond donors (Lipinski definition) is 1. The Bertz CT molecular complexity index is 734. The molecule has 1 saturated heterocycles. The van der Waals surface area contributed by atoms with E-state index >= 15 is 0 Å². The lowest BCUT2D eigenvalue weighted by Crippen LogP contribution is -2.46. The number of nitrogens with two attached hydrogens (primary N) is 1. The van der Waals surface area contributed by atoms with Crippen LogP contribution in [0.15, 0.2) is 58.3 Å². The fourth-order valence-electron chi connectivity index (χ4n) is 3.62. The van der Waals surface area contributed by atoms with E-state index in [0.717, 1.165) is 19.4 Å². The Labute approximate surface area is 153 Å². The van der Waals surface area contributed by atoms with Gasteiger partial charge in [-0.1, -0.05) is 36.0 Å². The summed E-state index contributed by atoms with van der Waals surface area (Å²) in [6.07, 6.45) is 2.55. The van der Waals surface area contributed by atoms with Crippen LogP contribution in [0.2, 0.25) is 0 Å². The van der Waals surface area contributed by atoms with Gasteiger partial charge in [0, 0.05) is 41.9 Å². The molecule has 0 aromatic heterocycles. The van der Waals surface area contributed by atoms with Crippen LogP contribution in [0.4, 0.5) is 11.4 Å². The summed E-state index contributed by atoms with van der Waals surface area (Å²) in [6, 6.07) is 17.0. The minimum Gasteiger partial charge on any atom is -0.341 e. The molecule has 0 radical (unpaired) electrons. The van der Waals surface area contributed by atoms with Crippen molar-refractivity contribution in [2.45, 2.75) is 35.1 Å². The summed E-state index contributed by atoms with van der Waals surface area (Å²) in [7, 11) is 0. The number of carbonyl (C=O) groups is 1. The maximum atomic E-state index is 12.6. The van der Waals surface area contributed by atoms with E-state index in [-0.39, 0.29) is 11.9 Å². The second kappa shape index (κ2) is 7.10. The first-order chi connectivity index (χ1) is 12.2. The van der Waals surface area contributed by atoms with E-state index < -0.39 is 0 Å². The number of carbonyl (C=O) groups excluding carboxylic acids is 1. The highest BCUT2D eigenvalue weighted by Crippen LogP contribution is 2.47. The van der Waals surface area contributed by atoms with Crippen molar-refractivity contribution in [3.63, 3.8) is 0 Å². The van der Waals surface area contributed by atoms with E-state index in [0.29, 0.717) is 19.5 Å². The lowest BCUT2D eigenvalue weighted by Gasteiger charge is -2.34. The summed E-state index contributed by atoms with van der Waals surface area (Å²) in [6.45, 7) is 2.23. The topological polar surface area (TPSA) is 49.6 Å². The van der Waals surface area contributed by atoms with E-state index in [1.165, 1.54) is 21.2 Å². The normalized spacial score (nSPS) is 19.3. The van der Waals surface area contributed by atoms with Crippen LogP contribution in [0.3, 0.4) is 0 Å². The van der Waals surface area contributed by atoms with E-state index in [2.05, 4.69) is 53.4 Å². The number of hydrogen-bond acceptors (Lipinski definition) is 4. The highest BCUT2D eigenvalue weighted by molar-refractivity contribution is 7.99. The first-order valence-electron chi connectivity index (χ1n) is 8.89. The maximum absolute atomic E-state index is 12.6. The molecular formula is C20H23N3OS. The zero-order valence-corrected chi connectivity index (χ0v) is 15.0. The number of likely N-dealkylation sites (tertiary alicyclic amines) is 1. The molecular weight excluding hydrogens is 330 g/mol. The highest BCUT2D eigenvalue weighted by Gasteiger charge is 2.25. The SMILES string of the molecule is NC1CCCN(C(=O)CCN2c3ccccc3Sc3ccccc32)C1. The van der Waals surface area contributed by atoms with E-state index in [1.54, 1.807) is 11.8 Å². The summed E-state index contributed by atoms with van der Waals surface area (Å²) < 4.78 is 0. The summed E-state index contributed by atoms with van der Waals surface area (Å²) in [5.74, 6) is 0.211. The van der Waals surface area contributed by atoms with E-state index in [9.17, 15) is 4.79 Å². The van der Waals surface area contributed by atoms with Gasteiger partial charge in [0.15, 0.2) is 0 Å². The van der Waals surface area contributed by atoms with Crippen molar-refractivity contribution < 1.29 is 4.79 Å². The minimum atomic E-state index is 0.130. The molecule has 2 aromatic rings. The molecule has 0 saturated carbocycles. The molecule has 2 aliphatic rings. The van der Waals surface area contributed by atoms with Gasteiger partial charge in [-0.2, -0.15) is 0 Å². The largest absolute Gasteiger partial charge is 0.341 e. The predicted molar refractivity (Wildman–Crippen MR) is 102 cm³/mol. The standard InChI is InChI=1S/C20H23N3OS/c21-15-6-5-12-22(14-15)20(24)11-13-23-16-7-1-3-9-18(16)25-19-10-4-2-8-17(19)23/h1-4,7-10,15H,5-6,11-14,21H2. The van der Waals surface area contributed by atoms with Crippen LogP contribution in [-0.4, -0.2) is 36.5 Å². The van der Waals surface area contributed by atoms with Crippen molar-refractivity contribution in [3.05, 3.63) is 48.5 Å². The maximum Gasteiger partial charge on any atom is 0.224 e. The second-order valence-electron chi connectivity index (χ2n) is 6.68. The zero-order valence-electron chi connectivity index (χ0n) is 14.2. The van der Waals surface area contributed by atoms with Gasteiger partial charge in [0.1, 0.15) is 0 Å². The summed E-state index contributed by atoms with van der Waals surface area (Å²) in [5.41, 5.74) is 8.40. The Morgan fingerprint density at radius 3 is 2.36 bits per heavy atom. The van der Waals surface area contributed by atoms with Crippen molar-refractivity contribution in [2.24, 2.45) is 5.73 Å². The average molecular weight is 353 g/mol. The minimum absolute atomic E-state index is 0.130. The van der Waals surface area contributed by atoms with Gasteiger partial charge in [-0.25, -0.2) is 0 Å². The Hall–Kier alpha value is -1.98. The molecule has 0 spiro atoms. The smallest absolute Gasteiger partial charge is 0.224 e. The van der Waals surface area contributed by atoms with Crippen molar-refractivity contribution in [1.29, 1.82) is 0 Å². The van der Waals surface area contributed by atoms with Crippen LogP contribution in [0.1, 0.15) is 19.3 Å². The Kier molecular flexibility index (Phi) is 4.68. The van der Waals surface area contributed by atoms with Crippen LogP contribution in [0, 0.1) is 0 Å². The lowest BCUT2D eigenvalue weighted by atomic mass is 10.1. The predicted octanol–water partition coefficient (Wildman–Crippen LogP) is 3.63. The number of amides is 1. The monoisotopic (exact) mass is 353 g/mol. The molecule has 2 aromatic carbocycles. The molecule has 1 fully saturated rings. The Morgan fingerprint density at radius 2 is 1.72 bits per heavy atom. The molecule has 1 atom stereocenters. The van der Waals surface area contributed by atoms with Crippen LogP contribution < -0.4 is 10.6 Å². The Balaban J connectivity index is 1.53. The quantitative estimate of drug-likeness (QED) is 0.915. The lowest BCUT2D eigenvalue weighted by molar-refractivity contribution is -0.132. The number of fused-ring (bicyclic) bond motifs is 2. The van der Waals surface area contributed by atoms with Gasteiger partial charge in [-0.15, -0.1) is 0 Å². The molecule has 5 heteroatoms. The van der Waals surface area contributed by atoms with Gasteiger partial charge < -0.3 is 15.5 Å². The van der Waals surface area contributed by atoms with Crippen molar-refractivity contribution >= 4 is 29.0 Å². The fraction of sp³-hybridized carbons (Fsp3) is 0.350. The van der Waals surface area contributed by atoms with Crippen LogP contribution in [0.25, 0.3) is 0 Å². The number of para-hydroxylation sites is 2. The molecule has 25 heavy (non-hydrogen) atoms. The first kappa shape index (κ1) is 16.5. The molecule has 130 valence electrons. The molecule has 4 nitrogen and oxygen atoms in total. The third-order valence-corrected chi connectivity index (χ3v) is 6.02. The first-order valence-corrected chi connectivity index (χ1v) is 9.71. The van der Waals surface area contributed by atoms with Crippen LogP contribution in [0.5, 0.6) is 0 Å². The second-order valence-corrected chi connectivity index (χ2v) is 7.76. The molecule has 2 aliphatic heterocycles. The fourth-order valence-corrected chi connectivity index (χ4v) is 4.72. The van der Waals surface area contributed by atoms with E-state index in [1.807, 2.05) is 4.90 Å². The molecule has 4 rings (SSSR count). The van der Waals surface area contributed by atoms with Gasteiger partial charge >= 0.3 is 0 Å². The molecule has 2 N–H and O–H groups in total. The van der Waals surface area contributed by atoms with Crippen LogP contribution >= 0.6 is 11.8 Å². The number of benzene rings is 2. The van der Waals surface area contributed by atoms with Gasteiger partial charge in [-0.05, 0) is 37.1 Å². The molecule has 2 heterocycles. The summed E-state index contributed by atoms with van der Waals surface area (Å²) in [5, 5.41) is 0. The van der Waals surface area contributed by atoms with Gasteiger partial charge in [0.05, 0.1) is 11.4 Å². The molecule has 1 unspecified atom stereocenters. The Morgan fingerprint density at radius 1 is 1.08 bits per heavy atom. The van der Waals surface area contributed by atoms with Crippen LogP contribution in [-0.2, 0) is 4.79 Å². The average Bonchev–Trinajstić information content (AvgIpc) is 2.65. The molecule has 0 aliphatic carbocycles. The number of rotatable bonds is 3. The number of anilines is 2. The zero-order chi connectivity index (χ0) is 17.2. The van der Waals surface area contributed by atoms with Gasteiger partial charge in [0.2, 0.25) is 5.91 Å². The summed E-state index contributed by atoms with van der Waals surface area (Å²) in [4.78, 5) is 19.4. The number of piperidine rings is 1. The van der Waals surface area contributed by atoms with Crippen molar-refractivity contribution in [1.82, 2.24) is 4.90 Å². The van der Waals surface area contributed by atoms with Crippen molar-refractivity contribution in [3.8, 4) is 0 Å². The molecule has 1 amide bonds. The van der Waals surface area contributed by atoms with E-state index in [4.69, 9.17) is 5.73 Å². The summed E-state index contributed by atoms with van der Waals surface area (Å²) >= 11 is 1.80.